The fraction of sp³-hybridized carbons (Fsp3) is 0. The predicted octanol–water partition coefficient (Wildman–Crippen LogP) is 15.3. The van der Waals surface area contributed by atoms with Crippen LogP contribution in [-0.4, -0.2) is 0 Å². The fourth-order valence-corrected chi connectivity index (χ4v) is 8.82. The lowest BCUT2D eigenvalue weighted by atomic mass is 9.83. The SMILES string of the molecule is c1ccc2cc(-c3ccc4ccc(-c5c6ccccc6c(-c6cccc7c(-c8ccc9ccccc9c8)cccc67)c6ccccc56)cc4c3)ccc2c1. The van der Waals surface area contributed by atoms with Gasteiger partial charge in [-0.15, -0.1) is 0 Å². The predicted molar refractivity (Wildman–Crippen MR) is 233 cm³/mol. The van der Waals surface area contributed by atoms with Crippen molar-refractivity contribution in [2.75, 3.05) is 0 Å². The molecule has 0 unspecified atom stereocenters. The van der Waals surface area contributed by atoms with Crippen LogP contribution in [0.4, 0.5) is 0 Å². The summed E-state index contributed by atoms with van der Waals surface area (Å²) in [4.78, 5) is 0. The molecule has 0 heteroatoms. The third kappa shape index (κ3) is 4.92. The first-order valence-corrected chi connectivity index (χ1v) is 18.7. The standard InChI is InChI=1S/C54H34/c1-3-13-38-31-40(27-23-35(38)11-1)41-28-24-37-26-30-43(34-44(37)33-41)53-49-15-5-7-17-51(49)54(52-18-8-6-16-50(52)53)48-22-10-20-46-45(19-9-21-47(46)48)42-29-25-36-12-2-4-14-39(36)32-42/h1-34H. The summed E-state index contributed by atoms with van der Waals surface area (Å²) in [5, 5.41) is 15.1. The van der Waals surface area contributed by atoms with E-state index in [1.807, 2.05) is 0 Å². The minimum Gasteiger partial charge on any atom is -0.0616 e. The number of fused-ring (bicyclic) bond motifs is 6. The minimum absolute atomic E-state index is 1.23. The van der Waals surface area contributed by atoms with Crippen molar-refractivity contribution in [1.29, 1.82) is 0 Å². The van der Waals surface area contributed by atoms with Crippen LogP contribution in [0.25, 0.3) is 109 Å². The molecule has 0 saturated heterocycles. The molecule has 0 atom stereocenters. The molecule has 250 valence electrons. The van der Waals surface area contributed by atoms with Gasteiger partial charge in [-0.1, -0.05) is 182 Å². The Bertz CT molecular complexity index is 3220. The molecule has 0 bridgehead atoms. The van der Waals surface area contributed by atoms with Crippen molar-refractivity contribution in [3.63, 3.8) is 0 Å². The second-order valence-electron chi connectivity index (χ2n) is 14.4. The smallest absolute Gasteiger partial charge is 0.00201 e. The van der Waals surface area contributed by atoms with Crippen LogP contribution < -0.4 is 0 Å². The van der Waals surface area contributed by atoms with Crippen LogP contribution in [0.3, 0.4) is 0 Å². The molecule has 0 heterocycles. The lowest BCUT2D eigenvalue weighted by molar-refractivity contribution is 1.66. The van der Waals surface area contributed by atoms with E-state index in [2.05, 4.69) is 206 Å². The topological polar surface area (TPSA) is 0 Å². The summed E-state index contributed by atoms with van der Waals surface area (Å²) < 4.78 is 0. The van der Waals surface area contributed by atoms with Gasteiger partial charge in [0.2, 0.25) is 0 Å². The quantitative estimate of drug-likeness (QED) is 0.162. The van der Waals surface area contributed by atoms with Crippen LogP contribution >= 0.6 is 0 Å². The highest BCUT2D eigenvalue weighted by atomic mass is 14.2. The summed E-state index contributed by atoms with van der Waals surface area (Å²) in [5.41, 5.74) is 10.0. The van der Waals surface area contributed by atoms with Crippen molar-refractivity contribution >= 4 is 64.6 Å². The van der Waals surface area contributed by atoms with Crippen molar-refractivity contribution in [3.8, 4) is 44.5 Å². The van der Waals surface area contributed by atoms with E-state index in [0.29, 0.717) is 0 Å². The molecule has 0 radical (unpaired) electrons. The lowest BCUT2D eigenvalue weighted by Crippen LogP contribution is -1.92. The highest BCUT2D eigenvalue weighted by molar-refractivity contribution is 6.24. The summed E-state index contributed by atoms with van der Waals surface area (Å²) >= 11 is 0. The zero-order chi connectivity index (χ0) is 35.6. The van der Waals surface area contributed by atoms with Gasteiger partial charge in [-0.2, -0.15) is 0 Å². The molecule has 0 aliphatic rings. The second kappa shape index (κ2) is 12.3. The average Bonchev–Trinajstić information content (AvgIpc) is 3.24. The Hall–Kier alpha value is -7.02. The summed E-state index contributed by atoms with van der Waals surface area (Å²) in [6.07, 6.45) is 0. The number of hydrogen-bond donors (Lipinski definition) is 0. The van der Waals surface area contributed by atoms with Gasteiger partial charge in [-0.25, -0.2) is 0 Å². The van der Waals surface area contributed by atoms with Gasteiger partial charge in [0.1, 0.15) is 0 Å². The minimum atomic E-state index is 1.23. The molecule has 11 aromatic rings. The van der Waals surface area contributed by atoms with Crippen molar-refractivity contribution in [1.82, 2.24) is 0 Å². The van der Waals surface area contributed by atoms with Gasteiger partial charge >= 0.3 is 0 Å². The van der Waals surface area contributed by atoms with E-state index in [-0.39, 0.29) is 0 Å². The molecule has 54 heavy (non-hydrogen) atoms. The van der Waals surface area contributed by atoms with Crippen LogP contribution in [0, 0.1) is 0 Å². The molecule has 0 aromatic heterocycles. The summed E-state index contributed by atoms with van der Waals surface area (Å²) in [5.74, 6) is 0. The largest absolute Gasteiger partial charge is 0.0616 e. The van der Waals surface area contributed by atoms with Crippen LogP contribution in [0.15, 0.2) is 206 Å². The van der Waals surface area contributed by atoms with Crippen molar-refractivity contribution in [2.24, 2.45) is 0 Å². The van der Waals surface area contributed by atoms with Gasteiger partial charge in [0.25, 0.3) is 0 Å². The van der Waals surface area contributed by atoms with E-state index >= 15 is 0 Å². The summed E-state index contributed by atoms with van der Waals surface area (Å²) in [7, 11) is 0. The van der Waals surface area contributed by atoms with Crippen LogP contribution in [0.2, 0.25) is 0 Å². The Morgan fingerprint density at radius 3 is 1.15 bits per heavy atom. The molecule has 11 aromatic carbocycles. The first-order valence-electron chi connectivity index (χ1n) is 18.7. The highest BCUT2D eigenvalue weighted by Gasteiger charge is 2.19. The molecule has 0 aliphatic heterocycles. The van der Waals surface area contributed by atoms with Crippen molar-refractivity contribution < 1.29 is 0 Å². The molecule has 0 amide bonds. The van der Waals surface area contributed by atoms with Gasteiger partial charge in [-0.3, -0.25) is 0 Å². The van der Waals surface area contributed by atoms with Gasteiger partial charge in [0, 0.05) is 0 Å². The number of rotatable bonds is 4. The maximum Gasteiger partial charge on any atom is -0.00201 e. The maximum atomic E-state index is 2.39. The zero-order valence-corrected chi connectivity index (χ0v) is 29.6. The number of hydrogen-bond acceptors (Lipinski definition) is 0. The molecule has 0 spiro atoms. The van der Waals surface area contributed by atoms with E-state index < -0.39 is 0 Å². The van der Waals surface area contributed by atoms with Crippen LogP contribution in [0.1, 0.15) is 0 Å². The summed E-state index contributed by atoms with van der Waals surface area (Å²) in [6, 6.07) is 76.2. The molecule has 0 aliphatic carbocycles. The van der Waals surface area contributed by atoms with E-state index in [4.69, 9.17) is 0 Å². The van der Waals surface area contributed by atoms with Gasteiger partial charge < -0.3 is 0 Å². The van der Waals surface area contributed by atoms with E-state index in [1.54, 1.807) is 0 Å². The first-order chi connectivity index (χ1) is 26.8. The monoisotopic (exact) mass is 682 g/mol. The van der Waals surface area contributed by atoms with Gasteiger partial charge in [0.15, 0.2) is 0 Å². The molecular formula is C54H34. The van der Waals surface area contributed by atoms with Crippen LogP contribution in [0.5, 0.6) is 0 Å². The number of benzene rings is 11. The first kappa shape index (κ1) is 30.6. The van der Waals surface area contributed by atoms with Crippen LogP contribution in [-0.2, 0) is 0 Å². The Morgan fingerprint density at radius 2 is 0.556 bits per heavy atom. The third-order valence-electron chi connectivity index (χ3n) is 11.4. The molecule has 0 N–H and O–H groups in total. The van der Waals surface area contributed by atoms with E-state index in [0.717, 1.165) is 0 Å². The Kier molecular flexibility index (Phi) is 6.97. The van der Waals surface area contributed by atoms with E-state index in [1.165, 1.54) is 109 Å². The zero-order valence-electron chi connectivity index (χ0n) is 29.6. The second-order valence-corrected chi connectivity index (χ2v) is 14.4. The normalized spacial score (nSPS) is 11.7. The van der Waals surface area contributed by atoms with Gasteiger partial charge in [-0.05, 0) is 133 Å². The van der Waals surface area contributed by atoms with Crippen molar-refractivity contribution in [3.05, 3.63) is 206 Å². The third-order valence-corrected chi connectivity index (χ3v) is 11.4. The highest BCUT2D eigenvalue weighted by Crippen LogP contribution is 2.46. The van der Waals surface area contributed by atoms with Gasteiger partial charge in [0.05, 0.1) is 0 Å². The molecule has 0 fully saturated rings. The lowest BCUT2D eigenvalue weighted by Gasteiger charge is -2.19. The van der Waals surface area contributed by atoms with Crippen molar-refractivity contribution in [2.45, 2.75) is 0 Å². The molecule has 11 rings (SSSR count). The Balaban J connectivity index is 1.11. The summed E-state index contributed by atoms with van der Waals surface area (Å²) in [6.45, 7) is 0. The van der Waals surface area contributed by atoms with E-state index in [9.17, 15) is 0 Å². The average molecular weight is 683 g/mol. The fourth-order valence-electron chi connectivity index (χ4n) is 8.82. The Labute approximate surface area is 314 Å². The maximum absolute atomic E-state index is 2.39. The Morgan fingerprint density at radius 1 is 0.185 bits per heavy atom. The molecule has 0 nitrogen and oxygen atoms in total. The molecular weight excluding hydrogens is 649 g/mol. The molecule has 0 saturated carbocycles.